The van der Waals surface area contributed by atoms with E-state index in [1.807, 2.05) is 18.4 Å². The molecule has 1 aromatic rings. The number of carbonyl (C=O) groups excluding carboxylic acids is 1. The number of carboxylic acid groups (broad SMARTS) is 1. The third-order valence-electron chi connectivity index (χ3n) is 2.98. The minimum Gasteiger partial charge on any atom is -0.480 e. The molecule has 4 nitrogen and oxygen atoms in total. The summed E-state index contributed by atoms with van der Waals surface area (Å²) in [6.07, 6.45) is 2.57. The molecule has 0 aliphatic heterocycles. The number of nitrogens with one attached hydrogen (secondary N) is 1. The lowest BCUT2D eigenvalue weighted by molar-refractivity contribution is -0.139. The molecule has 5 heteroatoms. The Bertz CT molecular complexity index is 437. The number of aliphatic carboxylic acids is 1. The topological polar surface area (TPSA) is 66.4 Å². The van der Waals surface area contributed by atoms with E-state index in [0.29, 0.717) is 4.88 Å². The van der Waals surface area contributed by atoms with Gasteiger partial charge in [-0.2, -0.15) is 0 Å². The van der Waals surface area contributed by atoms with Crippen molar-refractivity contribution in [1.82, 2.24) is 5.32 Å². The normalized spacial score (nSPS) is 16.5. The van der Waals surface area contributed by atoms with Gasteiger partial charge in [0.05, 0.1) is 4.88 Å². The molecule has 92 valence electrons. The smallest absolute Gasteiger partial charge is 0.326 e. The Kier molecular flexibility index (Phi) is 3.47. The summed E-state index contributed by atoms with van der Waals surface area (Å²) < 4.78 is 0. The van der Waals surface area contributed by atoms with Crippen LogP contribution < -0.4 is 5.32 Å². The van der Waals surface area contributed by atoms with Gasteiger partial charge in [0.25, 0.3) is 5.91 Å². The molecule has 1 fully saturated rings. The zero-order chi connectivity index (χ0) is 12.4. The molecule has 0 bridgehead atoms. The highest BCUT2D eigenvalue weighted by atomic mass is 32.1. The van der Waals surface area contributed by atoms with Crippen molar-refractivity contribution < 1.29 is 14.7 Å². The van der Waals surface area contributed by atoms with E-state index >= 15 is 0 Å². The molecule has 1 saturated carbocycles. The molecule has 1 aliphatic carbocycles. The third-order valence-corrected chi connectivity index (χ3v) is 3.94. The molecule has 0 spiro atoms. The minimum absolute atomic E-state index is 0.112. The number of carbonyl (C=O) groups is 2. The third kappa shape index (κ3) is 2.66. The first-order valence-electron chi connectivity index (χ1n) is 5.73. The number of hydrogen-bond donors (Lipinski definition) is 2. The van der Waals surface area contributed by atoms with E-state index in [-0.39, 0.29) is 11.8 Å². The average Bonchev–Trinajstić information content (AvgIpc) is 3.01. The first kappa shape index (κ1) is 12.1. The van der Waals surface area contributed by atoms with Crippen LogP contribution in [0.3, 0.4) is 0 Å². The molecule has 1 aliphatic rings. The average molecular weight is 253 g/mol. The highest BCUT2D eigenvalue weighted by molar-refractivity contribution is 7.12. The van der Waals surface area contributed by atoms with E-state index in [2.05, 4.69) is 5.32 Å². The fraction of sp³-hybridized carbons (Fsp3) is 0.500. The van der Waals surface area contributed by atoms with Gasteiger partial charge < -0.3 is 10.4 Å². The Hall–Kier alpha value is -1.36. The minimum atomic E-state index is -0.935. The molecule has 0 radical (unpaired) electrons. The van der Waals surface area contributed by atoms with Gasteiger partial charge in [-0.1, -0.05) is 6.92 Å². The SMILES string of the molecule is CCc1ccsc1C(=O)NC(C(=O)O)C1CC1. The van der Waals surface area contributed by atoms with Crippen LogP contribution in [0.25, 0.3) is 0 Å². The maximum atomic E-state index is 12.0. The number of aryl methyl sites for hydroxylation is 1. The molecular formula is C12H15NO3S. The molecule has 0 aromatic carbocycles. The van der Waals surface area contributed by atoms with Crippen molar-refractivity contribution in [1.29, 1.82) is 0 Å². The molecule has 17 heavy (non-hydrogen) atoms. The molecule has 2 N–H and O–H groups in total. The molecule has 2 rings (SSSR count). The van der Waals surface area contributed by atoms with Gasteiger partial charge in [-0.3, -0.25) is 4.79 Å². The zero-order valence-electron chi connectivity index (χ0n) is 9.60. The van der Waals surface area contributed by atoms with Gasteiger partial charge >= 0.3 is 5.97 Å². The summed E-state index contributed by atoms with van der Waals surface area (Å²) in [5, 5.41) is 13.5. The van der Waals surface area contributed by atoms with Gasteiger partial charge in [-0.25, -0.2) is 4.79 Å². The fourth-order valence-electron chi connectivity index (χ4n) is 1.83. The van der Waals surface area contributed by atoms with Gasteiger partial charge in [0.2, 0.25) is 0 Å². The second kappa shape index (κ2) is 4.87. The highest BCUT2D eigenvalue weighted by Crippen LogP contribution is 2.33. The summed E-state index contributed by atoms with van der Waals surface area (Å²) in [7, 11) is 0. The van der Waals surface area contributed by atoms with E-state index in [0.717, 1.165) is 24.8 Å². The fourth-order valence-corrected chi connectivity index (χ4v) is 2.73. The molecule has 0 saturated heterocycles. The van der Waals surface area contributed by atoms with Crippen LogP contribution in [-0.4, -0.2) is 23.0 Å². The predicted octanol–water partition coefficient (Wildman–Crippen LogP) is 1.90. The highest BCUT2D eigenvalue weighted by Gasteiger charge is 2.37. The van der Waals surface area contributed by atoms with Gasteiger partial charge in [0, 0.05) is 0 Å². The van der Waals surface area contributed by atoms with Gasteiger partial charge in [0.1, 0.15) is 6.04 Å². The van der Waals surface area contributed by atoms with Crippen molar-refractivity contribution in [2.75, 3.05) is 0 Å². The van der Waals surface area contributed by atoms with E-state index in [4.69, 9.17) is 5.11 Å². The second-order valence-electron chi connectivity index (χ2n) is 4.26. The van der Waals surface area contributed by atoms with E-state index in [1.54, 1.807) is 0 Å². The summed E-state index contributed by atoms with van der Waals surface area (Å²) in [5.41, 5.74) is 0.979. The maximum Gasteiger partial charge on any atom is 0.326 e. The van der Waals surface area contributed by atoms with Crippen molar-refractivity contribution in [2.45, 2.75) is 32.2 Å². The quantitative estimate of drug-likeness (QED) is 0.842. The molecular weight excluding hydrogens is 238 g/mol. The van der Waals surface area contributed by atoms with Crippen LogP contribution in [0.5, 0.6) is 0 Å². The summed E-state index contributed by atoms with van der Waals surface area (Å²) >= 11 is 1.36. The van der Waals surface area contributed by atoms with Gasteiger partial charge in [0.15, 0.2) is 0 Å². The zero-order valence-corrected chi connectivity index (χ0v) is 10.4. The van der Waals surface area contributed by atoms with Crippen LogP contribution in [0, 0.1) is 5.92 Å². The van der Waals surface area contributed by atoms with Crippen LogP contribution in [0.2, 0.25) is 0 Å². The number of rotatable bonds is 5. The Morgan fingerprint density at radius 1 is 1.59 bits per heavy atom. The van der Waals surface area contributed by atoms with E-state index in [1.165, 1.54) is 11.3 Å². The standard InChI is InChI=1S/C12H15NO3S/c1-2-7-5-6-17-10(7)11(14)13-9(12(15)16)8-3-4-8/h5-6,8-9H,2-4H2,1H3,(H,13,14)(H,15,16). The molecule has 1 unspecified atom stereocenters. The van der Waals surface area contributed by atoms with Crippen molar-refractivity contribution in [3.05, 3.63) is 21.9 Å². The first-order chi connectivity index (χ1) is 8.13. The largest absolute Gasteiger partial charge is 0.480 e. The summed E-state index contributed by atoms with van der Waals surface area (Å²) in [6.45, 7) is 1.98. The van der Waals surface area contributed by atoms with Crippen LogP contribution in [0.15, 0.2) is 11.4 Å². The Labute approximate surface area is 104 Å². The Morgan fingerprint density at radius 2 is 2.29 bits per heavy atom. The molecule has 1 aromatic heterocycles. The summed E-state index contributed by atoms with van der Waals surface area (Å²) in [5.74, 6) is -1.08. The lowest BCUT2D eigenvalue weighted by Gasteiger charge is -2.13. The van der Waals surface area contributed by atoms with Gasteiger partial charge in [-0.05, 0) is 42.2 Å². The van der Waals surface area contributed by atoms with Crippen molar-refractivity contribution in [3.63, 3.8) is 0 Å². The summed E-state index contributed by atoms with van der Waals surface area (Å²) in [6, 6.07) is 1.18. The lowest BCUT2D eigenvalue weighted by atomic mass is 10.1. The van der Waals surface area contributed by atoms with Crippen LogP contribution in [0.1, 0.15) is 35.0 Å². The van der Waals surface area contributed by atoms with Crippen LogP contribution in [0.4, 0.5) is 0 Å². The first-order valence-corrected chi connectivity index (χ1v) is 6.61. The van der Waals surface area contributed by atoms with Crippen LogP contribution >= 0.6 is 11.3 Å². The Morgan fingerprint density at radius 3 is 2.82 bits per heavy atom. The second-order valence-corrected chi connectivity index (χ2v) is 5.17. The number of hydrogen-bond acceptors (Lipinski definition) is 3. The number of thiophene rings is 1. The molecule has 1 atom stereocenters. The molecule has 1 amide bonds. The number of amides is 1. The maximum absolute atomic E-state index is 12.0. The summed E-state index contributed by atoms with van der Waals surface area (Å²) in [4.78, 5) is 23.6. The predicted molar refractivity (Wildman–Crippen MR) is 65.3 cm³/mol. The monoisotopic (exact) mass is 253 g/mol. The van der Waals surface area contributed by atoms with E-state index < -0.39 is 12.0 Å². The van der Waals surface area contributed by atoms with E-state index in [9.17, 15) is 9.59 Å². The van der Waals surface area contributed by atoms with Crippen molar-refractivity contribution in [2.24, 2.45) is 5.92 Å². The van der Waals surface area contributed by atoms with Crippen LogP contribution in [-0.2, 0) is 11.2 Å². The van der Waals surface area contributed by atoms with Crippen molar-refractivity contribution >= 4 is 23.2 Å². The Balaban J connectivity index is 2.07. The number of carboxylic acids is 1. The lowest BCUT2D eigenvalue weighted by Crippen LogP contribution is -2.42. The molecule has 1 heterocycles. The van der Waals surface area contributed by atoms with Crippen molar-refractivity contribution in [3.8, 4) is 0 Å². The van der Waals surface area contributed by atoms with Gasteiger partial charge in [-0.15, -0.1) is 11.3 Å².